The van der Waals surface area contributed by atoms with Gasteiger partial charge in [0.25, 0.3) is 0 Å². The maximum absolute atomic E-state index is 13.6. The number of pyridine rings is 1. The molecule has 1 aromatic heterocycles. The summed E-state index contributed by atoms with van der Waals surface area (Å²) in [5.74, 6) is -0.0203. The maximum Gasteiger partial charge on any atom is 0.482 e. The molecule has 1 aromatic carbocycles. The van der Waals surface area contributed by atoms with Crippen molar-refractivity contribution in [3.8, 4) is 11.6 Å². The Kier molecular flexibility index (Phi) is 10.1. The van der Waals surface area contributed by atoms with E-state index >= 15 is 0 Å². The molecule has 1 saturated heterocycles. The average Bonchev–Trinajstić information content (AvgIpc) is 3.32. The Labute approximate surface area is 255 Å². The van der Waals surface area contributed by atoms with Gasteiger partial charge in [0.2, 0.25) is 11.8 Å². The van der Waals surface area contributed by atoms with E-state index in [1.165, 1.54) is 20.4 Å². The first-order chi connectivity index (χ1) is 20.3. The Hall–Kier alpha value is -3.15. The zero-order chi connectivity index (χ0) is 31.5. The fraction of sp³-hybridized carbons (Fsp3) is 0.594. The van der Waals surface area contributed by atoms with Crippen LogP contribution in [0.3, 0.4) is 0 Å². The number of hydrogen-bond donors (Lipinski definition) is 2. The molecule has 10 nitrogen and oxygen atoms in total. The van der Waals surface area contributed by atoms with Crippen molar-refractivity contribution < 1.29 is 33.1 Å². The molecule has 43 heavy (non-hydrogen) atoms. The summed E-state index contributed by atoms with van der Waals surface area (Å²) >= 11 is 0. The molecule has 4 rings (SSSR count). The van der Waals surface area contributed by atoms with Crippen molar-refractivity contribution in [2.24, 2.45) is 17.6 Å². The van der Waals surface area contributed by atoms with Gasteiger partial charge in [-0.25, -0.2) is 9.78 Å². The van der Waals surface area contributed by atoms with E-state index in [2.05, 4.69) is 31.1 Å². The van der Waals surface area contributed by atoms with E-state index < -0.39 is 42.2 Å². The highest BCUT2D eigenvalue weighted by molar-refractivity contribution is 6.48. The number of amides is 1. The van der Waals surface area contributed by atoms with Gasteiger partial charge < -0.3 is 34.6 Å². The van der Waals surface area contributed by atoms with Gasteiger partial charge in [0.1, 0.15) is 23.0 Å². The molecule has 11 heteroatoms. The molecule has 0 radical (unpaired) electrons. The summed E-state index contributed by atoms with van der Waals surface area (Å²) in [6.45, 7) is 12.0. The average molecular weight is 596 g/mol. The maximum atomic E-state index is 13.6. The molecule has 234 valence electrons. The largest absolute Gasteiger partial charge is 0.496 e. The highest BCUT2D eigenvalue weighted by Gasteiger charge is 2.57. The highest BCUT2D eigenvalue weighted by Crippen LogP contribution is 2.47. The number of nitrogens with one attached hydrogen (secondary N) is 1. The quantitative estimate of drug-likeness (QED) is 0.302. The van der Waals surface area contributed by atoms with Crippen LogP contribution >= 0.6 is 0 Å². The van der Waals surface area contributed by atoms with E-state index in [0.29, 0.717) is 40.2 Å². The third-order valence-electron chi connectivity index (χ3n) is 8.46. The van der Waals surface area contributed by atoms with E-state index in [1.54, 1.807) is 24.3 Å². The number of nitrogens with zero attached hydrogens (tertiary/aromatic N) is 1. The van der Waals surface area contributed by atoms with Crippen LogP contribution < -0.4 is 20.5 Å². The Morgan fingerprint density at radius 2 is 1.91 bits per heavy atom. The first kappa shape index (κ1) is 32.8. The van der Waals surface area contributed by atoms with Crippen LogP contribution in [-0.4, -0.2) is 61.4 Å². The number of aromatic nitrogens is 1. The van der Waals surface area contributed by atoms with Gasteiger partial charge in [-0.2, -0.15) is 0 Å². The molecule has 2 aromatic rings. The van der Waals surface area contributed by atoms with Gasteiger partial charge in [0.05, 0.1) is 31.9 Å². The lowest BCUT2D eigenvalue weighted by atomic mass is 9.69. The van der Waals surface area contributed by atoms with Gasteiger partial charge in [0.15, 0.2) is 0 Å². The SMILES string of the molecule is COc1ccc(C(N)C(=O)N[C@@H](Cc2cccc(C(=O)OC(C)(C)C)c2OC)B2OC3CCCC(C(C)C)[C@]3(C)O2)cn1. The van der Waals surface area contributed by atoms with Crippen LogP contribution in [0.4, 0.5) is 0 Å². The third-order valence-corrected chi connectivity index (χ3v) is 8.46. The topological polar surface area (TPSA) is 131 Å². The van der Waals surface area contributed by atoms with Gasteiger partial charge >= 0.3 is 13.1 Å². The predicted molar refractivity (Wildman–Crippen MR) is 164 cm³/mol. The molecule has 2 aliphatic rings. The standard InChI is InChI=1S/C32H46BN3O7/c1-19(2)23-13-10-14-24-32(23,6)43-33(42-24)25(36-29(37)27(34)21-15-16-26(39-7)35-18-21)17-20-11-9-12-22(28(20)40-8)30(38)41-31(3,4)5/h9,11-12,15-16,18-19,23-25,27H,10,13-14,17,34H2,1-8H3,(H,36,37)/t23?,24?,25-,27?,32-/m0/s1. The van der Waals surface area contributed by atoms with Gasteiger partial charge in [-0.3, -0.25) is 4.79 Å². The van der Waals surface area contributed by atoms with Crippen molar-refractivity contribution in [1.29, 1.82) is 0 Å². The fourth-order valence-corrected chi connectivity index (χ4v) is 6.37. The van der Waals surface area contributed by atoms with Gasteiger partial charge in [-0.15, -0.1) is 0 Å². The van der Waals surface area contributed by atoms with Crippen molar-refractivity contribution in [2.75, 3.05) is 14.2 Å². The van der Waals surface area contributed by atoms with E-state index in [4.69, 9.17) is 29.3 Å². The van der Waals surface area contributed by atoms with Crippen LogP contribution in [0.25, 0.3) is 0 Å². The first-order valence-corrected chi connectivity index (χ1v) is 15.1. The van der Waals surface area contributed by atoms with E-state index in [0.717, 1.165) is 19.3 Å². The molecule has 2 fully saturated rings. The summed E-state index contributed by atoms with van der Waals surface area (Å²) < 4.78 is 29.8. The normalized spacial score (nSPS) is 23.3. The number of fused-ring (bicyclic) bond motifs is 1. The summed E-state index contributed by atoms with van der Waals surface area (Å²) in [6.07, 6.45) is 4.67. The number of rotatable bonds is 10. The van der Waals surface area contributed by atoms with E-state index in [1.807, 2.05) is 26.8 Å². The summed E-state index contributed by atoms with van der Waals surface area (Å²) in [7, 11) is 2.29. The molecule has 3 unspecified atom stereocenters. The number of methoxy groups -OCH3 is 2. The zero-order valence-electron chi connectivity index (χ0n) is 26.6. The Morgan fingerprint density at radius 3 is 2.51 bits per heavy atom. The number of nitrogens with two attached hydrogens (primary N) is 1. The second kappa shape index (κ2) is 13.2. The van der Waals surface area contributed by atoms with E-state index in [-0.39, 0.29) is 12.5 Å². The summed E-state index contributed by atoms with van der Waals surface area (Å²) in [5.41, 5.74) is 6.76. The number of ether oxygens (including phenoxy) is 3. The predicted octanol–water partition coefficient (Wildman–Crippen LogP) is 4.44. The lowest BCUT2D eigenvalue weighted by molar-refractivity contribution is -0.122. The number of carbonyl (C=O) groups is 2. The lowest BCUT2D eigenvalue weighted by Gasteiger charge is -2.44. The van der Waals surface area contributed by atoms with Crippen LogP contribution in [0.2, 0.25) is 0 Å². The van der Waals surface area contributed by atoms with Crippen molar-refractivity contribution in [1.82, 2.24) is 10.3 Å². The number of esters is 1. The second-order valence-electron chi connectivity index (χ2n) is 13.0. The van der Waals surface area contributed by atoms with Gasteiger partial charge in [0, 0.05) is 12.3 Å². The molecule has 2 heterocycles. The molecule has 0 spiro atoms. The molecule has 0 bridgehead atoms. The molecular weight excluding hydrogens is 549 g/mol. The Morgan fingerprint density at radius 1 is 1.16 bits per heavy atom. The minimum Gasteiger partial charge on any atom is -0.496 e. The fourth-order valence-electron chi connectivity index (χ4n) is 6.37. The van der Waals surface area contributed by atoms with Crippen LogP contribution in [0.1, 0.15) is 88.3 Å². The van der Waals surface area contributed by atoms with Crippen molar-refractivity contribution in [3.63, 3.8) is 0 Å². The minimum absolute atomic E-state index is 0.104. The second-order valence-corrected chi connectivity index (χ2v) is 13.0. The van der Waals surface area contributed by atoms with Crippen LogP contribution in [-0.2, 0) is 25.3 Å². The molecule has 3 N–H and O–H groups in total. The molecule has 1 saturated carbocycles. The lowest BCUT2D eigenvalue weighted by Crippen LogP contribution is -2.52. The smallest absolute Gasteiger partial charge is 0.482 e. The number of hydrogen-bond acceptors (Lipinski definition) is 9. The Bertz CT molecular complexity index is 1280. The molecule has 5 atom stereocenters. The molecule has 1 aliphatic heterocycles. The number of benzene rings is 1. The van der Waals surface area contributed by atoms with Crippen LogP contribution in [0.5, 0.6) is 11.6 Å². The zero-order valence-corrected chi connectivity index (χ0v) is 26.6. The van der Waals surface area contributed by atoms with Crippen molar-refractivity contribution in [3.05, 3.63) is 53.2 Å². The first-order valence-electron chi connectivity index (χ1n) is 15.1. The van der Waals surface area contributed by atoms with Crippen molar-refractivity contribution in [2.45, 2.75) is 96.5 Å². The number of carbonyl (C=O) groups excluding carboxylic acids is 2. The van der Waals surface area contributed by atoms with Crippen LogP contribution in [0, 0.1) is 11.8 Å². The summed E-state index contributed by atoms with van der Waals surface area (Å²) in [4.78, 5) is 30.9. The number of para-hydroxylation sites is 1. The van der Waals surface area contributed by atoms with Gasteiger partial charge in [-0.1, -0.05) is 38.5 Å². The molecule has 1 aliphatic carbocycles. The molecular formula is C32H46BN3O7. The minimum atomic E-state index is -0.987. The Balaban J connectivity index is 1.66. The van der Waals surface area contributed by atoms with E-state index in [9.17, 15) is 9.59 Å². The summed E-state index contributed by atoms with van der Waals surface area (Å²) in [5, 5.41) is 3.10. The summed E-state index contributed by atoms with van der Waals surface area (Å²) in [6, 6.07) is 7.69. The monoisotopic (exact) mass is 595 g/mol. The van der Waals surface area contributed by atoms with Crippen molar-refractivity contribution >= 4 is 19.0 Å². The highest BCUT2D eigenvalue weighted by atomic mass is 16.7. The van der Waals surface area contributed by atoms with Gasteiger partial charge in [-0.05, 0) is 76.0 Å². The third kappa shape index (κ3) is 7.33. The molecule has 1 amide bonds. The van der Waals surface area contributed by atoms with Crippen LogP contribution in [0.15, 0.2) is 36.5 Å².